The minimum Gasteiger partial charge on any atom is -0.330 e. The van der Waals surface area contributed by atoms with E-state index in [9.17, 15) is 0 Å². The predicted molar refractivity (Wildman–Crippen MR) is 46.6 cm³/mol. The Morgan fingerprint density at radius 3 is 2.82 bits per heavy atom. The molecule has 1 heterocycles. The number of hydrogen-bond donors (Lipinski definition) is 1. The molecule has 0 aliphatic carbocycles. The fourth-order valence-corrected chi connectivity index (χ4v) is 1.14. The van der Waals surface area contributed by atoms with Crippen molar-refractivity contribution in [2.75, 3.05) is 6.54 Å². The molecule has 0 aliphatic rings. The molecule has 0 bridgehead atoms. The molecule has 0 unspecified atom stereocenters. The molecule has 1 aromatic heterocycles. The zero-order valence-corrected chi connectivity index (χ0v) is 7.30. The first kappa shape index (κ1) is 10.3. The van der Waals surface area contributed by atoms with Crippen LogP contribution < -0.4 is 5.73 Å². The van der Waals surface area contributed by atoms with Crippen LogP contribution in [-0.4, -0.2) is 17.8 Å². The number of nitrogens with zero attached hydrogens (tertiary/aromatic N) is 1. The lowest BCUT2D eigenvalue weighted by Crippen LogP contribution is -2.01. The number of carbonyl (C=O) groups excluding carboxylic acids is 1. The van der Waals surface area contributed by atoms with Crippen molar-refractivity contribution in [3.05, 3.63) is 16.6 Å². The zero-order chi connectivity index (χ0) is 8.53. The van der Waals surface area contributed by atoms with E-state index in [4.69, 9.17) is 10.5 Å². The summed E-state index contributed by atoms with van der Waals surface area (Å²) >= 11 is 1.66. The van der Waals surface area contributed by atoms with Gasteiger partial charge >= 0.3 is 0 Å². The summed E-state index contributed by atoms with van der Waals surface area (Å²) < 4.78 is 0. The van der Waals surface area contributed by atoms with Gasteiger partial charge in [-0.15, -0.1) is 11.3 Å². The van der Waals surface area contributed by atoms with Crippen LogP contribution in [0.1, 0.15) is 11.9 Å². The lowest BCUT2D eigenvalue weighted by molar-refractivity contribution is -0.106. The molecule has 2 N–H and O–H groups in total. The maximum atomic E-state index is 8.81. The van der Waals surface area contributed by atoms with Gasteiger partial charge in [-0.3, -0.25) is 0 Å². The third kappa shape index (κ3) is 5.69. The molecule has 0 aliphatic heterocycles. The van der Waals surface area contributed by atoms with Crippen LogP contribution in [0, 0.1) is 0 Å². The Balaban J connectivity index is 0.000000292. The second-order valence-electron chi connectivity index (χ2n) is 1.70. The van der Waals surface area contributed by atoms with Gasteiger partial charge in [0.2, 0.25) is 0 Å². The lowest BCUT2D eigenvalue weighted by atomic mass is 10.5. The van der Waals surface area contributed by atoms with E-state index in [1.807, 2.05) is 5.38 Å². The van der Waals surface area contributed by atoms with E-state index in [2.05, 4.69) is 4.98 Å². The fourth-order valence-electron chi connectivity index (χ4n) is 0.500. The SMILES string of the molecule is CC=O.NCCc1nccs1. The lowest BCUT2D eigenvalue weighted by Gasteiger charge is -1.84. The standard InChI is InChI=1S/C5H8N2S.C2H4O/c6-2-1-5-7-3-4-8-5;1-2-3/h3-4H,1-2,6H2;2H,1H3. The number of hydrogen-bond acceptors (Lipinski definition) is 4. The molecular weight excluding hydrogens is 160 g/mol. The van der Waals surface area contributed by atoms with Crippen molar-refractivity contribution in [2.24, 2.45) is 5.73 Å². The van der Waals surface area contributed by atoms with Crippen molar-refractivity contribution in [2.45, 2.75) is 13.3 Å². The van der Waals surface area contributed by atoms with Gasteiger partial charge in [0.05, 0.1) is 5.01 Å². The molecular formula is C7H12N2OS. The summed E-state index contributed by atoms with van der Waals surface area (Å²) in [5.41, 5.74) is 5.29. The van der Waals surface area contributed by atoms with Gasteiger partial charge in [-0.1, -0.05) is 0 Å². The molecule has 0 amide bonds. The average Bonchev–Trinajstić information content (AvgIpc) is 2.42. The third-order valence-corrected chi connectivity index (χ3v) is 1.68. The zero-order valence-electron chi connectivity index (χ0n) is 6.49. The van der Waals surface area contributed by atoms with E-state index >= 15 is 0 Å². The summed E-state index contributed by atoms with van der Waals surface area (Å²) in [7, 11) is 0. The van der Waals surface area contributed by atoms with E-state index in [0.717, 1.165) is 17.7 Å². The van der Waals surface area contributed by atoms with Gasteiger partial charge in [0.15, 0.2) is 0 Å². The summed E-state index contributed by atoms with van der Waals surface area (Å²) in [5, 5.41) is 3.10. The first-order valence-electron chi connectivity index (χ1n) is 3.33. The Morgan fingerprint density at radius 2 is 2.45 bits per heavy atom. The molecule has 0 fully saturated rings. The third-order valence-electron chi connectivity index (χ3n) is 0.842. The molecule has 4 heteroatoms. The Morgan fingerprint density at radius 1 is 1.82 bits per heavy atom. The number of aromatic nitrogens is 1. The number of nitrogens with two attached hydrogens (primary N) is 1. The molecule has 0 saturated heterocycles. The van der Waals surface area contributed by atoms with Gasteiger partial charge in [0.1, 0.15) is 6.29 Å². The Labute approximate surface area is 70.3 Å². The quantitative estimate of drug-likeness (QED) is 0.673. The van der Waals surface area contributed by atoms with Crippen LogP contribution >= 0.6 is 11.3 Å². The van der Waals surface area contributed by atoms with Crippen molar-refractivity contribution < 1.29 is 4.79 Å². The maximum Gasteiger partial charge on any atom is 0.116 e. The van der Waals surface area contributed by atoms with E-state index < -0.39 is 0 Å². The Kier molecular flexibility index (Phi) is 6.87. The number of rotatable bonds is 2. The summed E-state index contributed by atoms with van der Waals surface area (Å²) in [6, 6.07) is 0. The van der Waals surface area contributed by atoms with E-state index in [-0.39, 0.29) is 0 Å². The fraction of sp³-hybridized carbons (Fsp3) is 0.429. The van der Waals surface area contributed by atoms with Gasteiger partial charge in [0.25, 0.3) is 0 Å². The second kappa shape index (κ2) is 7.37. The normalized spacial score (nSPS) is 8.18. The molecule has 1 aromatic rings. The van der Waals surface area contributed by atoms with Gasteiger partial charge in [-0.25, -0.2) is 4.98 Å². The number of carbonyl (C=O) groups is 1. The highest BCUT2D eigenvalue weighted by atomic mass is 32.1. The second-order valence-corrected chi connectivity index (χ2v) is 2.68. The summed E-state index contributed by atoms with van der Waals surface area (Å²) in [4.78, 5) is 12.9. The molecule has 0 aromatic carbocycles. The van der Waals surface area contributed by atoms with Crippen LogP contribution in [0.3, 0.4) is 0 Å². The van der Waals surface area contributed by atoms with Crippen molar-refractivity contribution in [3.63, 3.8) is 0 Å². The van der Waals surface area contributed by atoms with Gasteiger partial charge in [-0.2, -0.15) is 0 Å². The highest BCUT2D eigenvalue weighted by Gasteiger charge is 1.89. The monoisotopic (exact) mass is 172 g/mol. The minimum atomic E-state index is 0.702. The van der Waals surface area contributed by atoms with Crippen LogP contribution in [0.15, 0.2) is 11.6 Å². The molecule has 0 atom stereocenters. The van der Waals surface area contributed by atoms with Crippen molar-refractivity contribution in [1.29, 1.82) is 0 Å². The van der Waals surface area contributed by atoms with Gasteiger partial charge < -0.3 is 10.5 Å². The van der Waals surface area contributed by atoms with Crippen molar-refractivity contribution in [3.8, 4) is 0 Å². The van der Waals surface area contributed by atoms with Crippen LogP contribution in [0.25, 0.3) is 0 Å². The largest absolute Gasteiger partial charge is 0.330 e. The van der Waals surface area contributed by atoms with Gasteiger partial charge in [0, 0.05) is 18.0 Å². The first-order chi connectivity index (χ1) is 5.35. The topological polar surface area (TPSA) is 56.0 Å². The molecule has 0 radical (unpaired) electrons. The van der Waals surface area contributed by atoms with Crippen LogP contribution in [-0.2, 0) is 11.2 Å². The first-order valence-corrected chi connectivity index (χ1v) is 4.21. The van der Waals surface area contributed by atoms with E-state index in [0.29, 0.717) is 6.54 Å². The highest BCUT2D eigenvalue weighted by Crippen LogP contribution is 2.02. The van der Waals surface area contributed by atoms with Gasteiger partial charge in [-0.05, 0) is 13.5 Å². The van der Waals surface area contributed by atoms with Crippen LogP contribution in [0.4, 0.5) is 0 Å². The molecule has 62 valence electrons. The number of thiazole rings is 1. The molecule has 3 nitrogen and oxygen atoms in total. The number of aldehydes is 1. The molecule has 0 saturated carbocycles. The Bertz CT molecular complexity index is 175. The summed E-state index contributed by atoms with van der Waals surface area (Å²) in [6.45, 7) is 2.15. The predicted octanol–water partition coefficient (Wildman–Crippen LogP) is 0.849. The smallest absolute Gasteiger partial charge is 0.116 e. The minimum absolute atomic E-state index is 0.702. The maximum absolute atomic E-state index is 8.81. The van der Waals surface area contributed by atoms with Crippen molar-refractivity contribution in [1.82, 2.24) is 4.98 Å². The summed E-state index contributed by atoms with van der Waals surface area (Å²) in [5.74, 6) is 0. The summed E-state index contributed by atoms with van der Waals surface area (Å²) in [6.07, 6.45) is 3.47. The molecule has 1 rings (SSSR count). The molecule has 0 spiro atoms. The Hall–Kier alpha value is -0.740. The van der Waals surface area contributed by atoms with Crippen LogP contribution in [0.2, 0.25) is 0 Å². The van der Waals surface area contributed by atoms with Crippen molar-refractivity contribution >= 4 is 17.6 Å². The highest BCUT2D eigenvalue weighted by molar-refractivity contribution is 7.09. The average molecular weight is 172 g/mol. The van der Waals surface area contributed by atoms with E-state index in [1.54, 1.807) is 17.5 Å². The molecule has 11 heavy (non-hydrogen) atoms. The van der Waals surface area contributed by atoms with E-state index in [1.165, 1.54) is 6.92 Å². The van der Waals surface area contributed by atoms with Crippen LogP contribution in [0.5, 0.6) is 0 Å².